The number of hydrogen-bond acceptors (Lipinski definition) is 2. The van der Waals surface area contributed by atoms with Gasteiger partial charge in [0, 0.05) is 21.5 Å². The zero-order valence-corrected chi connectivity index (χ0v) is 24.8. The van der Waals surface area contributed by atoms with Gasteiger partial charge in [0.1, 0.15) is 22.3 Å². The van der Waals surface area contributed by atoms with Crippen molar-refractivity contribution < 1.29 is 8.83 Å². The van der Waals surface area contributed by atoms with E-state index >= 15 is 0 Å². The molecule has 0 fully saturated rings. The van der Waals surface area contributed by atoms with Crippen molar-refractivity contribution in [3.8, 4) is 33.4 Å². The van der Waals surface area contributed by atoms with Gasteiger partial charge in [0.2, 0.25) is 0 Å². The Balaban J connectivity index is 1.27. The predicted molar refractivity (Wildman–Crippen MR) is 192 cm³/mol. The van der Waals surface area contributed by atoms with Crippen LogP contribution in [0, 0.1) is 0 Å². The summed E-state index contributed by atoms with van der Waals surface area (Å²) >= 11 is 0. The zero-order chi connectivity index (χ0) is 30.2. The topological polar surface area (TPSA) is 26.3 Å². The lowest BCUT2D eigenvalue weighted by molar-refractivity contribution is 0.663. The Hall–Kier alpha value is -6.12. The molecule has 0 amide bonds. The summed E-state index contributed by atoms with van der Waals surface area (Å²) in [4.78, 5) is 0. The normalized spacial score (nSPS) is 11.9. The zero-order valence-electron chi connectivity index (χ0n) is 24.8. The van der Waals surface area contributed by atoms with E-state index in [1.54, 1.807) is 0 Å². The number of rotatable bonds is 3. The average molecular weight is 587 g/mol. The number of hydrogen-bond donors (Lipinski definition) is 0. The van der Waals surface area contributed by atoms with Gasteiger partial charge in [-0.1, -0.05) is 127 Å². The molecule has 10 aromatic rings. The molecule has 2 heteroatoms. The van der Waals surface area contributed by atoms with E-state index in [2.05, 4.69) is 133 Å². The summed E-state index contributed by atoms with van der Waals surface area (Å²) in [6.45, 7) is 0. The molecule has 2 aromatic heterocycles. The van der Waals surface area contributed by atoms with Crippen LogP contribution in [0.5, 0.6) is 0 Å². The van der Waals surface area contributed by atoms with E-state index in [1.807, 2.05) is 24.3 Å². The fraction of sp³-hybridized carbons (Fsp3) is 0. The van der Waals surface area contributed by atoms with Crippen molar-refractivity contribution in [3.63, 3.8) is 0 Å². The second-order valence-electron chi connectivity index (χ2n) is 12.0. The van der Waals surface area contributed by atoms with Crippen molar-refractivity contribution in [1.29, 1.82) is 0 Å². The summed E-state index contributed by atoms with van der Waals surface area (Å²) in [5.41, 5.74) is 10.8. The minimum Gasteiger partial charge on any atom is -0.456 e. The molecule has 8 aromatic carbocycles. The van der Waals surface area contributed by atoms with Crippen molar-refractivity contribution in [3.05, 3.63) is 158 Å². The lowest BCUT2D eigenvalue weighted by atomic mass is 9.84. The van der Waals surface area contributed by atoms with Crippen molar-refractivity contribution in [1.82, 2.24) is 0 Å². The molecule has 2 nitrogen and oxygen atoms in total. The van der Waals surface area contributed by atoms with Crippen molar-refractivity contribution in [2.24, 2.45) is 0 Å². The SMILES string of the molecule is c1ccc(-c2ccccc2-c2c3ccccc3c(-c3ccc4c(c3)oc3ccc5oc6ccccc6c5c34)c3ccccc23)cc1. The first-order valence-corrected chi connectivity index (χ1v) is 15.7. The molecule has 0 radical (unpaired) electrons. The van der Waals surface area contributed by atoms with Gasteiger partial charge < -0.3 is 8.83 Å². The predicted octanol–water partition coefficient (Wildman–Crippen LogP) is 12.8. The molecule has 0 unspecified atom stereocenters. The van der Waals surface area contributed by atoms with Crippen LogP contribution in [0.1, 0.15) is 0 Å². The summed E-state index contributed by atoms with van der Waals surface area (Å²) in [5, 5.41) is 9.32. The van der Waals surface area contributed by atoms with Crippen molar-refractivity contribution in [2.45, 2.75) is 0 Å². The third kappa shape index (κ3) is 3.59. The third-order valence-corrected chi connectivity index (χ3v) is 9.48. The number of fused-ring (bicyclic) bond motifs is 9. The molecule has 0 N–H and O–H groups in total. The quantitative estimate of drug-likeness (QED) is 0.193. The maximum atomic E-state index is 6.58. The highest BCUT2D eigenvalue weighted by atomic mass is 16.3. The minimum atomic E-state index is 0.869. The molecule has 0 bridgehead atoms. The van der Waals surface area contributed by atoms with Gasteiger partial charge in [-0.25, -0.2) is 0 Å². The van der Waals surface area contributed by atoms with Crippen LogP contribution in [0.4, 0.5) is 0 Å². The molecule has 0 saturated heterocycles. The van der Waals surface area contributed by atoms with Gasteiger partial charge >= 0.3 is 0 Å². The average Bonchev–Trinajstić information content (AvgIpc) is 3.68. The Morgan fingerprint density at radius 1 is 0.283 bits per heavy atom. The molecule has 0 aliphatic heterocycles. The van der Waals surface area contributed by atoms with Crippen molar-refractivity contribution in [2.75, 3.05) is 0 Å². The van der Waals surface area contributed by atoms with E-state index < -0.39 is 0 Å². The largest absolute Gasteiger partial charge is 0.456 e. The molecule has 46 heavy (non-hydrogen) atoms. The van der Waals surface area contributed by atoms with Crippen LogP contribution in [0.3, 0.4) is 0 Å². The van der Waals surface area contributed by atoms with Gasteiger partial charge in [0.05, 0.1) is 0 Å². The summed E-state index contributed by atoms with van der Waals surface area (Å²) in [5.74, 6) is 0. The summed E-state index contributed by atoms with van der Waals surface area (Å²) in [6.07, 6.45) is 0. The van der Waals surface area contributed by atoms with Crippen LogP contribution in [0.15, 0.2) is 167 Å². The highest BCUT2D eigenvalue weighted by Crippen LogP contribution is 2.47. The summed E-state index contributed by atoms with van der Waals surface area (Å²) in [6, 6.07) is 56.1. The van der Waals surface area contributed by atoms with Gasteiger partial charge in [-0.05, 0) is 85.3 Å². The smallest absolute Gasteiger partial charge is 0.136 e. The van der Waals surface area contributed by atoms with Crippen LogP contribution in [-0.2, 0) is 0 Å². The van der Waals surface area contributed by atoms with Gasteiger partial charge in [-0.15, -0.1) is 0 Å². The molecule has 0 aliphatic carbocycles. The van der Waals surface area contributed by atoms with Crippen LogP contribution in [0.25, 0.3) is 98.8 Å². The molecule has 214 valence electrons. The van der Waals surface area contributed by atoms with E-state index in [0.717, 1.165) is 49.4 Å². The first-order chi connectivity index (χ1) is 22.8. The van der Waals surface area contributed by atoms with Crippen LogP contribution >= 0.6 is 0 Å². The fourth-order valence-electron chi connectivity index (χ4n) is 7.54. The monoisotopic (exact) mass is 586 g/mol. The lowest BCUT2D eigenvalue weighted by Gasteiger charge is -2.19. The molecule has 2 heterocycles. The molecular weight excluding hydrogens is 560 g/mol. The number of furan rings is 2. The van der Waals surface area contributed by atoms with Crippen molar-refractivity contribution >= 4 is 65.4 Å². The van der Waals surface area contributed by atoms with E-state index in [-0.39, 0.29) is 0 Å². The minimum absolute atomic E-state index is 0.869. The molecule has 0 aliphatic rings. The maximum absolute atomic E-state index is 6.58. The van der Waals surface area contributed by atoms with Gasteiger partial charge in [-0.2, -0.15) is 0 Å². The van der Waals surface area contributed by atoms with Crippen LogP contribution in [0.2, 0.25) is 0 Å². The van der Waals surface area contributed by atoms with E-state index in [1.165, 1.54) is 49.4 Å². The van der Waals surface area contributed by atoms with E-state index in [9.17, 15) is 0 Å². The highest BCUT2D eigenvalue weighted by molar-refractivity contribution is 6.27. The highest BCUT2D eigenvalue weighted by Gasteiger charge is 2.21. The van der Waals surface area contributed by atoms with E-state index in [0.29, 0.717) is 0 Å². The molecular formula is C44H26O2. The van der Waals surface area contributed by atoms with Gasteiger partial charge in [0.15, 0.2) is 0 Å². The summed E-state index contributed by atoms with van der Waals surface area (Å²) < 4.78 is 12.8. The fourth-order valence-corrected chi connectivity index (χ4v) is 7.54. The number of para-hydroxylation sites is 1. The van der Waals surface area contributed by atoms with E-state index in [4.69, 9.17) is 8.83 Å². The first kappa shape index (κ1) is 25.2. The Kier molecular flexibility index (Phi) is 5.31. The van der Waals surface area contributed by atoms with Crippen LogP contribution < -0.4 is 0 Å². The third-order valence-electron chi connectivity index (χ3n) is 9.48. The molecule has 0 spiro atoms. The van der Waals surface area contributed by atoms with Gasteiger partial charge in [-0.3, -0.25) is 0 Å². The maximum Gasteiger partial charge on any atom is 0.136 e. The molecule has 0 saturated carbocycles. The van der Waals surface area contributed by atoms with Gasteiger partial charge in [0.25, 0.3) is 0 Å². The Labute approximate surface area is 264 Å². The Morgan fingerprint density at radius 3 is 1.46 bits per heavy atom. The molecule has 10 rings (SSSR count). The number of benzene rings is 8. The van der Waals surface area contributed by atoms with Crippen LogP contribution in [-0.4, -0.2) is 0 Å². The molecule has 0 atom stereocenters. The second-order valence-corrected chi connectivity index (χ2v) is 12.0. The lowest BCUT2D eigenvalue weighted by Crippen LogP contribution is -1.92. The Morgan fingerprint density at radius 2 is 0.783 bits per heavy atom. The Bertz CT molecular complexity index is 2740. The second kappa shape index (κ2) is 9.69. The summed E-state index contributed by atoms with van der Waals surface area (Å²) in [7, 11) is 0. The first-order valence-electron chi connectivity index (χ1n) is 15.7. The standard InChI is InChI=1S/C44H26O2/c1-2-12-27(13-3-1)29-14-4-5-15-30(29)42-33-18-8-6-16-31(33)41(32-17-7-9-19-34(32)42)28-22-23-36-40(26-28)46-39-25-24-38-43(44(36)39)35-20-10-11-21-37(35)45-38/h1-26H.